The summed E-state index contributed by atoms with van der Waals surface area (Å²) in [6.07, 6.45) is 6.61. The first-order valence-electron chi connectivity index (χ1n) is 8.26. The van der Waals surface area contributed by atoms with Gasteiger partial charge in [0.2, 0.25) is 0 Å². The average Bonchev–Trinajstić information content (AvgIpc) is 2.56. The van der Waals surface area contributed by atoms with Crippen molar-refractivity contribution < 1.29 is 9.59 Å². The van der Waals surface area contributed by atoms with Crippen molar-refractivity contribution in [3.63, 3.8) is 0 Å². The van der Waals surface area contributed by atoms with Gasteiger partial charge in [-0.3, -0.25) is 9.59 Å². The van der Waals surface area contributed by atoms with Crippen molar-refractivity contribution in [2.45, 2.75) is 57.9 Å². The van der Waals surface area contributed by atoms with E-state index in [-0.39, 0.29) is 6.04 Å². The molecule has 1 saturated carbocycles. The molecule has 0 heterocycles. The molecule has 0 unspecified atom stereocenters. The Hall–Kier alpha value is -2.17. The van der Waals surface area contributed by atoms with Crippen molar-refractivity contribution in [2.24, 2.45) is 10.8 Å². The summed E-state index contributed by atoms with van der Waals surface area (Å²) in [5, 5.41) is 5.55. The molecule has 5 nitrogen and oxygen atoms in total. The molecule has 0 aromatic heterocycles. The van der Waals surface area contributed by atoms with Gasteiger partial charge >= 0.3 is 11.8 Å². The smallest absolute Gasteiger partial charge is 0.331 e. The summed E-state index contributed by atoms with van der Waals surface area (Å²) in [4.78, 5) is 23.3. The van der Waals surface area contributed by atoms with Crippen LogP contribution in [0.15, 0.2) is 29.4 Å². The van der Waals surface area contributed by atoms with E-state index in [9.17, 15) is 9.59 Å². The number of hydrazone groups is 1. The van der Waals surface area contributed by atoms with E-state index in [2.05, 4.69) is 18.9 Å². The molecule has 23 heavy (non-hydrogen) atoms. The fourth-order valence-electron chi connectivity index (χ4n) is 2.85. The van der Waals surface area contributed by atoms with Gasteiger partial charge in [0.05, 0.1) is 12.3 Å². The second-order valence-corrected chi connectivity index (χ2v) is 6.37. The molecular weight excluding hydrogens is 290 g/mol. The Bertz CT molecular complexity index is 572. The number of rotatable bonds is 4. The number of primary amides is 1. The van der Waals surface area contributed by atoms with Gasteiger partial charge in [0.25, 0.3) is 0 Å². The Kier molecular flexibility index (Phi) is 5.90. The fraction of sp³-hybridized carbons (Fsp3) is 0.500. The molecule has 2 rings (SSSR count). The van der Waals surface area contributed by atoms with Crippen LogP contribution in [0.2, 0.25) is 0 Å². The van der Waals surface area contributed by atoms with Crippen LogP contribution in [-0.2, 0) is 9.59 Å². The fourth-order valence-corrected chi connectivity index (χ4v) is 2.85. The molecule has 1 fully saturated rings. The van der Waals surface area contributed by atoms with Gasteiger partial charge in [0.15, 0.2) is 0 Å². The van der Waals surface area contributed by atoms with Crippen LogP contribution >= 0.6 is 0 Å². The molecule has 2 amide bonds. The molecule has 1 aromatic carbocycles. The van der Waals surface area contributed by atoms with Crippen molar-refractivity contribution in [1.29, 1.82) is 0 Å². The third-order valence-electron chi connectivity index (χ3n) is 4.27. The van der Waals surface area contributed by atoms with E-state index in [4.69, 9.17) is 5.73 Å². The molecular formula is C18H25N3O2. The predicted molar refractivity (Wildman–Crippen MR) is 91.0 cm³/mol. The van der Waals surface area contributed by atoms with Gasteiger partial charge in [-0.05, 0) is 29.9 Å². The van der Waals surface area contributed by atoms with E-state index < -0.39 is 11.8 Å². The lowest BCUT2D eigenvalue weighted by Gasteiger charge is -2.29. The Labute approximate surface area is 137 Å². The van der Waals surface area contributed by atoms with Crippen LogP contribution in [0.25, 0.3) is 0 Å². The summed E-state index contributed by atoms with van der Waals surface area (Å²) in [5.74, 6) is -1.22. The molecule has 2 N–H and O–H groups in total. The lowest BCUT2D eigenvalue weighted by atomic mass is 9.95. The minimum atomic E-state index is -0.956. The van der Waals surface area contributed by atoms with Gasteiger partial charge in [-0.2, -0.15) is 5.10 Å². The molecule has 0 radical (unpaired) electrons. The number of amides is 2. The lowest BCUT2D eigenvalue weighted by Crippen LogP contribution is -2.44. The van der Waals surface area contributed by atoms with Crippen LogP contribution in [0.5, 0.6) is 0 Å². The van der Waals surface area contributed by atoms with Crippen molar-refractivity contribution in [1.82, 2.24) is 5.01 Å². The summed E-state index contributed by atoms with van der Waals surface area (Å²) in [6, 6.07) is 7.99. The zero-order valence-corrected chi connectivity index (χ0v) is 13.9. The Balaban J connectivity index is 2.15. The molecule has 0 spiro atoms. The van der Waals surface area contributed by atoms with Crippen LogP contribution < -0.4 is 5.73 Å². The maximum atomic E-state index is 12.0. The molecule has 0 bridgehead atoms. The highest BCUT2D eigenvalue weighted by Gasteiger charge is 2.28. The van der Waals surface area contributed by atoms with Crippen molar-refractivity contribution in [3.05, 3.63) is 35.4 Å². The highest BCUT2D eigenvalue weighted by atomic mass is 16.2. The van der Waals surface area contributed by atoms with Crippen LogP contribution in [0.1, 0.15) is 63.0 Å². The SMILES string of the molecule is CC(C)c1ccc(C=NN(C(=O)C(N)=O)C2CCCCC2)cc1. The molecule has 0 saturated heterocycles. The minimum absolute atomic E-state index is 0.0325. The quantitative estimate of drug-likeness (QED) is 0.527. The van der Waals surface area contributed by atoms with Crippen LogP contribution in [-0.4, -0.2) is 29.1 Å². The molecule has 0 atom stereocenters. The maximum Gasteiger partial charge on any atom is 0.331 e. The summed E-state index contributed by atoms with van der Waals surface area (Å²) < 4.78 is 0. The Morgan fingerprint density at radius 1 is 1.17 bits per heavy atom. The summed E-state index contributed by atoms with van der Waals surface area (Å²) in [7, 11) is 0. The van der Waals surface area contributed by atoms with E-state index in [1.807, 2.05) is 24.3 Å². The van der Waals surface area contributed by atoms with Crippen molar-refractivity contribution in [2.75, 3.05) is 0 Å². The highest BCUT2D eigenvalue weighted by Crippen LogP contribution is 2.23. The Morgan fingerprint density at radius 2 is 1.78 bits per heavy atom. The summed E-state index contributed by atoms with van der Waals surface area (Å²) >= 11 is 0. The second-order valence-electron chi connectivity index (χ2n) is 6.37. The minimum Gasteiger partial charge on any atom is -0.361 e. The summed E-state index contributed by atoms with van der Waals surface area (Å²) in [6.45, 7) is 4.28. The lowest BCUT2D eigenvalue weighted by molar-refractivity contribution is -0.146. The summed E-state index contributed by atoms with van der Waals surface area (Å²) in [5.41, 5.74) is 7.31. The first-order valence-corrected chi connectivity index (χ1v) is 8.26. The van der Waals surface area contributed by atoms with Gasteiger partial charge in [0, 0.05) is 0 Å². The number of nitrogens with zero attached hydrogens (tertiary/aromatic N) is 2. The van der Waals surface area contributed by atoms with Gasteiger partial charge in [-0.15, -0.1) is 0 Å². The number of hydrogen-bond donors (Lipinski definition) is 1. The molecule has 0 aliphatic heterocycles. The first-order chi connectivity index (χ1) is 11.0. The molecule has 124 valence electrons. The first kappa shape index (κ1) is 17.2. The molecule has 1 aromatic rings. The largest absolute Gasteiger partial charge is 0.361 e. The number of benzene rings is 1. The van der Waals surface area contributed by atoms with Gasteiger partial charge in [-0.1, -0.05) is 57.4 Å². The maximum absolute atomic E-state index is 12.0. The van der Waals surface area contributed by atoms with E-state index in [1.165, 1.54) is 10.6 Å². The highest BCUT2D eigenvalue weighted by molar-refractivity contribution is 6.34. The second kappa shape index (κ2) is 7.90. The monoisotopic (exact) mass is 315 g/mol. The number of carbonyl (C=O) groups excluding carboxylic acids is 2. The van der Waals surface area contributed by atoms with Crippen molar-refractivity contribution in [3.8, 4) is 0 Å². The predicted octanol–water partition coefficient (Wildman–Crippen LogP) is 2.79. The van der Waals surface area contributed by atoms with E-state index >= 15 is 0 Å². The van der Waals surface area contributed by atoms with Crippen LogP contribution in [0, 0.1) is 0 Å². The van der Waals surface area contributed by atoms with Gasteiger partial charge < -0.3 is 5.73 Å². The third-order valence-corrected chi connectivity index (χ3v) is 4.27. The number of nitrogens with two attached hydrogens (primary N) is 1. The van der Waals surface area contributed by atoms with E-state index in [0.717, 1.165) is 37.7 Å². The molecule has 1 aliphatic carbocycles. The zero-order chi connectivity index (χ0) is 16.8. The van der Waals surface area contributed by atoms with E-state index in [1.54, 1.807) is 6.21 Å². The standard InChI is InChI=1S/C18H25N3O2/c1-13(2)15-10-8-14(9-11-15)12-20-21(18(23)17(19)22)16-6-4-3-5-7-16/h8-13,16H,3-7H2,1-2H3,(H2,19,22). The normalized spacial score (nSPS) is 16.0. The van der Waals surface area contributed by atoms with Crippen LogP contribution in [0.4, 0.5) is 0 Å². The van der Waals surface area contributed by atoms with E-state index in [0.29, 0.717) is 5.92 Å². The van der Waals surface area contributed by atoms with Gasteiger partial charge in [-0.25, -0.2) is 5.01 Å². The molecule has 5 heteroatoms. The molecule has 1 aliphatic rings. The van der Waals surface area contributed by atoms with Crippen molar-refractivity contribution >= 4 is 18.0 Å². The number of hydrogen-bond acceptors (Lipinski definition) is 3. The zero-order valence-electron chi connectivity index (χ0n) is 13.9. The topological polar surface area (TPSA) is 75.8 Å². The van der Waals surface area contributed by atoms with Crippen LogP contribution in [0.3, 0.4) is 0 Å². The Morgan fingerprint density at radius 3 is 2.30 bits per heavy atom. The number of carbonyl (C=O) groups is 2. The average molecular weight is 315 g/mol. The third kappa shape index (κ3) is 4.65. The van der Waals surface area contributed by atoms with Gasteiger partial charge in [0.1, 0.15) is 0 Å².